The largest absolute Gasteiger partial charge is 0.503 e. The van der Waals surface area contributed by atoms with Crippen molar-refractivity contribution in [1.29, 1.82) is 0 Å². The molecule has 6 heteroatoms. The number of nitrogens with zero attached hydrogens (tertiary/aromatic N) is 1. The fourth-order valence-corrected chi connectivity index (χ4v) is 2.17. The fourth-order valence-electron chi connectivity index (χ4n) is 2.05. The molecule has 0 saturated heterocycles. The highest BCUT2D eigenvalue weighted by molar-refractivity contribution is 6.30. The van der Waals surface area contributed by atoms with Crippen molar-refractivity contribution in [3.05, 3.63) is 70.9 Å². The number of carboxylic acids is 1. The number of aliphatic carboxylic acids is 1. The second kappa shape index (κ2) is 8.17. The average Bonchev–Trinajstić information content (AvgIpc) is 2.58. The van der Waals surface area contributed by atoms with Crippen molar-refractivity contribution in [2.75, 3.05) is 7.11 Å². The van der Waals surface area contributed by atoms with E-state index in [9.17, 15) is 9.90 Å². The maximum Gasteiger partial charge on any atom is 0.339 e. The second-order valence-corrected chi connectivity index (χ2v) is 5.28. The molecule has 0 spiro atoms. The van der Waals surface area contributed by atoms with Crippen molar-refractivity contribution >= 4 is 28.9 Å². The highest BCUT2D eigenvalue weighted by Gasteiger charge is 2.16. The molecule has 0 saturated carbocycles. The van der Waals surface area contributed by atoms with E-state index in [2.05, 4.69) is 5.16 Å². The van der Waals surface area contributed by atoms with Crippen molar-refractivity contribution in [2.24, 2.45) is 5.16 Å². The summed E-state index contributed by atoms with van der Waals surface area (Å²) in [5.41, 5.74) is 1.70. The van der Waals surface area contributed by atoms with Gasteiger partial charge in [0.05, 0.1) is 19.1 Å². The molecule has 2 rings (SSSR count). The number of halogens is 1. The summed E-state index contributed by atoms with van der Waals surface area (Å²) in [5, 5.41) is 14.0. The maximum absolute atomic E-state index is 11.4. The lowest BCUT2D eigenvalue weighted by molar-refractivity contribution is -0.130. The van der Waals surface area contributed by atoms with Gasteiger partial charge in [-0.05, 0) is 31.2 Å². The van der Waals surface area contributed by atoms with Crippen molar-refractivity contribution < 1.29 is 19.5 Å². The molecule has 0 radical (unpaired) electrons. The molecule has 2 aromatic carbocycles. The lowest BCUT2D eigenvalue weighted by Gasteiger charge is -2.09. The van der Waals surface area contributed by atoms with Gasteiger partial charge in [0, 0.05) is 16.1 Å². The number of carboxylic acid groups (broad SMARTS) is 1. The number of ether oxygens (including phenoxy) is 1. The third-order valence-corrected chi connectivity index (χ3v) is 3.43. The molecule has 0 atom stereocenters. The number of carbonyl (C=O) groups is 1. The van der Waals surface area contributed by atoms with E-state index in [1.165, 1.54) is 13.4 Å². The summed E-state index contributed by atoms with van der Waals surface area (Å²) in [7, 11) is 1.40. The van der Waals surface area contributed by atoms with Crippen LogP contribution in [0.3, 0.4) is 0 Å². The van der Waals surface area contributed by atoms with Crippen LogP contribution >= 0.6 is 11.6 Å². The van der Waals surface area contributed by atoms with Gasteiger partial charge in [-0.3, -0.25) is 0 Å². The van der Waals surface area contributed by atoms with Crippen LogP contribution in [0.15, 0.2) is 59.9 Å². The van der Waals surface area contributed by atoms with Crippen LogP contribution in [-0.4, -0.2) is 23.9 Å². The standard InChI is InChI=1S/C18H16ClNO4/c1-12(20-24-14-9-7-13(19)8-10-14)15-5-3-4-6-16(15)17(11-23-2)18(21)22/h3-11H,1-2H3,(H,21,22). The normalized spacial score (nSPS) is 12.0. The number of benzene rings is 2. The van der Waals surface area contributed by atoms with Crippen LogP contribution in [0.5, 0.6) is 5.75 Å². The maximum atomic E-state index is 11.4. The van der Waals surface area contributed by atoms with Crippen LogP contribution in [0.25, 0.3) is 5.57 Å². The number of rotatable bonds is 6. The van der Waals surface area contributed by atoms with Crippen molar-refractivity contribution in [3.8, 4) is 5.75 Å². The first-order chi connectivity index (χ1) is 11.5. The minimum absolute atomic E-state index is 0.0362. The van der Waals surface area contributed by atoms with E-state index >= 15 is 0 Å². The molecule has 0 amide bonds. The van der Waals surface area contributed by atoms with Crippen LogP contribution in [0.2, 0.25) is 5.02 Å². The minimum atomic E-state index is -1.09. The van der Waals surface area contributed by atoms with Crippen molar-refractivity contribution in [1.82, 2.24) is 0 Å². The van der Waals surface area contributed by atoms with Gasteiger partial charge in [-0.2, -0.15) is 0 Å². The quantitative estimate of drug-likeness (QED) is 0.368. The summed E-state index contributed by atoms with van der Waals surface area (Å²) in [4.78, 5) is 16.8. The molecule has 0 aliphatic rings. The molecule has 0 aliphatic carbocycles. The van der Waals surface area contributed by atoms with Crippen molar-refractivity contribution in [3.63, 3.8) is 0 Å². The summed E-state index contributed by atoms with van der Waals surface area (Å²) in [6.45, 7) is 1.74. The lowest BCUT2D eigenvalue weighted by atomic mass is 9.98. The predicted molar refractivity (Wildman–Crippen MR) is 93.4 cm³/mol. The van der Waals surface area contributed by atoms with Gasteiger partial charge in [-0.15, -0.1) is 0 Å². The van der Waals surface area contributed by atoms with Gasteiger partial charge >= 0.3 is 5.97 Å². The third kappa shape index (κ3) is 4.36. The molecule has 0 bridgehead atoms. The van der Waals surface area contributed by atoms with Gasteiger partial charge in [0.2, 0.25) is 0 Å². The summed E-state index contributed by atoms with van der Waals surface area (Å²) in [6, 6.07) is 13.8. The summed E-state index contributed by atoms with van der Waals surface area (Å²) in [5.74, 6) is -0.558. The molecule has 0 unspecified atom stereocenters. The second-order valence-electron chi connectivity index (χ2n) is 4.84. The molecule has 5 nitrogen and oxygen atoms in total. The van der Waals surface area contributed by atoms with E-state index in [4.69, 9.17) is 21.2 Å². The van der Waals surface area contributed by atoms with E-state index in [1.807, 2.05) is 0 Å². The zero-order valence-corrected chi connectivity index (χ0v) is 13.9. The fraction of sp³-hybridized carbons (Fsp3) is 0.111. The highest BCUT2D eigenvalue weighted by atomic mass is 35.5. The Kier molecular flexibility index (Phi) is 5.98. The first-order valence-corrected chi connectivity index (χ1v) is 7.44. The van der Waals surface area contributed by atoms with Crippen LogP contribution in [0.1, 0.15) is 18.1 Å². The molecule has 0 heterocycles. The van der Waals surface area contributed by atoms with Crippen LogP contribution in [-0.2, 0) is 9.53 Å². The Hall–Kier alpha value is -2.79. The van der Waals surface area contributed by atoms with E-state index in [0.29, 0.717) is 27.6 Å². The number of methoxy groups -OCH3 is 1. The highest BCUT2D eigenvalue weighted by Crippen LogP contribution is 2.21. The molecule has 0 fully saturated rings. The molecule has 0 aromatic heterocycles. The van der Waals surface area contributed by atoms with Gasteiger partial charge in [-0.1, -0.05) is 41.0 Å². The summed E-state index contributed by atoms with van der Waals surface area (Å²) < 4.78 is 4.87. The Morgan fingerprint density at radius 1 is 1.12 bits per heavy atom. The van der Waals surface area contributed by atoms with Gasteiger partial charge in [0.25, 0.3) is 0 Å². The first-order valence-electron chi connectivity index (χ1n) is 7.06. The van der Waals surface area contributed by atoms with Crippen LogP contribution < -0.4 is 4.84 Å². The topological polar surface area (TPSA) is 68.1 Å². The zero-order valence-electron chi connectivity index (χ0n) is 13.2. The number of oxime groups is 1. The predicted octanol–water partition coefficient (Wildman–Crippen LogP) is 4.21. The van der Waals surface area contributed by atoms with E-state index < -0.39 is 5.97 Å². The van der Waals surface area contributed by atoms with Crippen molar-refractivity contribution in [2.45, 2.75) is 6.92 Å². The number of hydrogen-bond donors (Lipinski definition) is 1. The Labute approximate surface area is 144 Å². The Balaban J connectivity index is 2.34. The smallest absolute Gasteiger partial charge is 0.339 e. The Morgan fingerprint density at radius 3 is 2.33 bits per heavy atom. The zero-order chi connectivity index (χ0) is 17.5. The molecular weight excluding hydrogens is 330 g/mol. The number of hydrogen-bond acceptors (Lipinski definition) is 4. The minimum Gasteiger partial charge on any atom is -0.503 e. The van der Waals surface area contributed by atoms with Gasteiger partial charge in [0.1, 0.15) is 5.57 Å². The van der Waals surface area contributed by atoms with Gasteiger partial charge in [0.15, 0.2) is 5.75 Å². The molecule has 1 N–H and O–H groups in total. The Morgan fingerprint density at radius 2 is 1.75 bits per heavy atom. The Bertz CT molecular complexity index is 782. The molecular formula is C18H16ClNO4. The molecule has 124 valence electrons. The summed E-state index contributed by atoms with van der Waals surface area (Å²) >= 11 is 5.82. The van der Waals surface area contributed by atoms with Gasteiger partial charge in [-0.25, -0.2) is 4.79 Å². The molecule has 0 aliphatic heterocycles. The first kappa shape index (κ1) is 17.6. The summed E-state index contributed by atoms with van der Waals surface area (Å²) in [6.07, 6.45) is 1.19. The lowest BCUT2D eigenvalue weighted by Crippen LogP contribution is -2.07. The van der Waals surface area contributed by atoms with E-state index in [0.717, 1.165) is 0 Å². The molecule has 2 aromatic rings. The molecule has 24 heavy (non-hydrogen) atoms. The monoisotopic (exact) mass is 345 g/mol. The van der Waals surface area contributed by atoms with E-state index in [1.54, 1.807) is 55.5 Å². The van der Waals surface area contributed by atoms with Crippen LogP contribution in [0.4, 0.5) is 0 Å². The van der Waals surface area contributed by atoms with Crippen LogP contribution in [0, 0.1) is 0 Å². The third-order valence-electron chi connectivity index (χ3n) is 3.17. The van der Waals surface area contributed by atoms with Gasteiger partial charge < -0.3 is 14.7 Å². The average molecular weight is 346 g/mol. The van der Waals surface area contributed by atoms with E-state index in [-0.39, 0.29) is 5.57 Å². The SMILES string of the molecule is COC=C(C(=O)O)c1ccccc1C(C)=NOc1ccc(Cl)cc1.